The second-order valence-electron chi connectivity index (χ2n) is 7.70. The number of para-hydroxylation sites is 3. The summed E-state index contributed by atoms with van der Waals surface area (Å²) in [6, 6.07) is 15.8. The lowest BCUT2D eigenvalue weighted by Gasteiger charge is -2.25. The number of imidazole rings is 1. The predicted octanol–water partition coefficient (Wildman–Crippen LogP) is 4.68. The van der Waals surface area contributed by atoms with Crippen LogP contribution in [-0.4, -0.2) is 22.6 Å². The Morgan fingerprint density at radius 1 is 1.07 bits per heavy atom. The van der Waals surface area contributed by atoms with Gasteiger partial charge in [0.2, 0.25) is 5.91 Å². The normalized spacial score (nSPS) is 12.5. The van der Waals surface area contributed by atoms with Crippen LogP contribution in [0.3, 0.4) is 0 Å². The first-order valence-electron chi connectivity index (χ1n) is 9.80. The molecule has 3 rings (SSSR count). The number of nitrogens with one attached hydrogen (secondary N) is 1. The molecule has 0 aliphatic rings. The zero-order valence-corrected chi connectivity index (χ0v) is 17.3. The molecule has 148 valence electrons. The van der Waals surface area contributed by atoms with Crippen molar-refractivity contribution >= 4 is 16.9 Å². The number of methoxy groups -OCH3 is 1. The van der Waals surface area contributed by atoms with Gasteiger partial charge in [0.15, 0.2) is 0 Å². The third kappa shape index (κ3) is 4.03. The molecular weight excluding hydrogens is 350 g/mol. The van der Waals surface area contributed by atoms with E-state index in [2.05, 4.69) is 43.6 Å². The zero-order chi connectivity index (χ0) is 20.3. The summed E-state index contributed by atoms with van der Waals surface area (Å²) in [7, 11) is 1.62. The molecule has 0 saturated carbocycles. The van der Waals surface area contributed by atoms with Crippen molar-refractivity contribution in [1.82, 2.24) is 14.9 Å². The molecule has 1 N–H and O–H groups in total. The van der Waals surface area contributed by atoms with Crippen molar-refractivity contribution in [3.63, 3.8) is 0 Å². The van der Waals surface area contributed by atoms with Crippen molar-refractivity contribution in [3.05, 3.63) is 59.9 Å². The van der Waals surface area contributed by atoms with Crippen LogP contribution in [0, 0.1) is 5.92 Å². The minimum absolute atomic E-state index is 0.0365. The Balaban J connectivity index is 1.91. The van der Waals surface area contributed by atoms with Gasteiger partial charge in [-0.3, -0.25) is 4.79 Å². The number of rotatable bonds is 7. The molecule has 1 heterocycles. The van der Waals surface area contributed by atoms with Crippen LogP contribution in [0.25, 0.3) is 11.0 Å². The van der Waals surface area contributed by atoms with Gasteiger partial charge in [-0.2, -0.15) is 0 Å². The van der Waals surface area contributed by atoms with E-state index in [4.69, 9.17) is 9.72 Å². The number of benzene rings is 2. The Hall–Kier alpha value is -2.82. The number of nitrogens with zero attached hydrogens (tertiary/aromatic N) is 2. The average molecular weight is 380 g/mol. The van der Waals surface area contributed by atoms with Gasteiger partial charge < -0.3 is 14.6 Å². The van der Waals surface area contributed by atoms with Crippen molar-refractivity contribution in [1.29, 1.82) is 0 Å². The molecule has 0 saturated heterocycles. The summed E-state index contributed by atoms with van der Waals surface area (Å²) in [6.07, 6.45) is 0.273. The third-order valence-corrected chi connectivity index (χ3v) is 4.94. The van der Waals surface area contributed by atoms with Crippen LogP contribution >= 0.6 is 0 Å². The minimum Gasteiger partial charge on any atom is -0.496 e. The van der Waals surface area contributed by atoms with Gasteiger partial charge in [0, 0.05) is 11.6 Å². The Kier molecular flexibility index (Phi) is 6.02. The van der Waals surface area contributed by atoms with E-state index >= 15 is 0 Å². The molecule has 0 radical (unpaired) electrons. The molecule has 1 amide bonds. The van der Waals surface area contributed by atoms with Gasteiger partial charge in [0.1, 0.15) is 11.6 Å². The number of aromatic nitrogens is 2. The molecule has 1 unspecified atom stereocenters. The molecular formula is C23H29N3O2. The molecule has 0 spiro atoms. The fourth-order valence-corrected chi connectivity index (χ4v) is 3.60. The first-order valence-corrected chi connectivity index (χ1v) is 9.80. The van der Waals surface area contributed by atoms with Crippen molar-refractivity contribution in [2.24, 2.45) is 5.92 Å². The Morgan fingerprint density at radius 3 is 2.43 bits per heavy atom. The van der Waals surface area contributed by atoms with Crippen LogP contribution in [-0.2, 0) is 11.2 Å². The van der Waals surface area contributed by atoms with E-state index in [1.54, 1.807) is 7.11 Å². The predicted molar refractivity (Wildman–Crippen MR) is 113 cm³/mol. The molecule has 0 fully saturated rings. The molecule has 0 aliphatic carbocycles. The van der Waals surface area contributed by atoms with Crippen LogP contribution < -0.4 is 10.1 Å². The van der Waals surface area contributed by atoms with E-state index in [-0.39, 0.29) is 30.3 Å². The average Bonchev–Trinajstić information content (AvgIpc) is 3.05. The summed E-state index contributed by atoms with van der Waals surface area (Å²) in [6.45, 7) is 8.51. The lowest BCUT2D eigenvalue weighted by molar-refractivity contribution is -0.121. The first kappa shape index (κ1) is 19.9. The first-order chi connectivity index (χ1) is 13.4. The van der Waals surface area contributed by atoms with Gasteiger partial charge in [0.05, 0.1) is 30.6 Å². The quantitative estimate of drug-likeness (QED) is 0.648. The summed E-state index contributed by atoms with van der Waals surface area (Å²) < 4.78 is 7.60. The molecule has 3 aromatic rings. The molecule has 2 aromatic carbocycles. The van der Waals surface area contributed by atoms with E-state index in [1.165, 1.54) is 0 Å². The number of amides is 1. The Morgan fingerprint density at radius 2 is 1.75 bits per heavy atom. The van der Waals surface area contributed by atoms with Crippen molar-refractivity contribution in [2.45, 2.75) is 46.2 Å². The fraction of sp³-hybridized carbons (Fsp3) is 0.391. The maximum Gasteiger partial charge on any atom is 0.225 e. The highest BCUT2D eigenvalue weighted by molar-refractivity contribution is 5.80. The fourth-order valence-electron chi connectivity index (χ4n) is 3.60. The van der Waals surface area contributed by atoms with Gasteiger partial charge in [0.25, 0.3) is 0 Å². The molecule has 1 atom stereocenters. The van der Waals surface area contributed by atoms with E-state index < -0.39 is 0 Å². The number of hydrogen-bond acceptors (Lipinski definition) is 3. The standard InChI is InChI=1S/C23H29N3O2/c1-15(2)22(25-21(27)14-17-10-6-9-13-20(17)28-5)23-24-18-11-7-8-12-19(18)26(23)16(3)4/h6-13,15-16,22H,14H2,1-5H3,(H,25,27). The molecule has 0 aliphatic heterocycles. The number of fused-ring (bicyclic) bond motifs is 1. The maximum atomic E-state index is 12.9. The molecule has 28 heavy (non-hydrogen) atoms. The summed E-state index contributed by atoms with van der Waals surface area (Å²) in [5.41, 5.74) is 2.93. The van der Waals surface area contributed by atoms with Gasteiger partial charge in [-0.1, -0.05) is 44.2 Å². The zero-order valence-electron chi connectivity index (χ0n) is 17.3. The summed E-state index contributed by atoms with van der Waals surface area (Å²) in [5, 5.41) is 3.21. The maximum absolute atomic E-state index is 12.9. The lowest BCUT2D eigenvalue weighted by Crippen LogP contribution is -2.35. The van der Waals surface area contributed by atoms with Crippen molar-refractivity contribution in [2.75, 3.05) is 7.11 Å². The van der Waals surface area contributed by atoms with Crippen LogP contribution in [0.15, 0.2) is 48.5 Å². The van der Waals surface area contributed by atoms with E-state index in [0.717, 1.165) is 28.2 Å². The second-order valence-corrected chi connectivity index (χ2v) is 7.70. The number of ether oxygens (including phenoxy) is 1. The molecule has 5 heteroatoms. The smallest absolute Gasteiger partial charge is 0.225 e. The highest BCUT2D eigenvalue weighted by Crippen LogP contribution is 2.29. The van der Waals surface area contributed by atoms with E-state index in [0.29, 0.717) is 0 Å². The topological polar surface area (TPSA) is 56.1 Å². The number of carbonyl (C=O) groups is 1. The molecule has 1 aromatic heterocycles. The SMILES string of the molecule is COc1ccccc1CC(=O)NC(c1nc2ccccc2n1C(C)C)C(C)C. The van der Waals surface area contributed by atoms with Gasteiger partial charge in [-0.05, 0) is 38.0 Å². The third-order valence-electron chi connectivity index (χ3n) is 4.94. The van der Waals surface area contributed by atoms with Crippen molar-refractivity contribution in [3.8, 4) is 5.75 Å². The number of hydrogen-bond donors (Lipinski definition) is 1. The molecule has 5 nitrogen and oxygen atoms in total. The minimum atomic E-state index is -0.169. The summed E-state index contributed by atoms with van der Waals surface area (Å²) in [5.74, 6) is 1.80. The van der Waals surface area contributed by atoms with E-state index in [9.17, 15) is 4.79 Å². The van der Waals surface area contributed by atoms with Crippen LogP contribution in [0.5, 0.6) is 5.75 Å². The van der Waals surface area contributed by atoms with Gasteiger partial charge >= 0.3 is 0 Å². The lowest BCUT2D eigenvalue weighted by atomic mass is 10.0. The summed E-state index contributed by atoms with van der Waals surface area (Å²) in [4.78, 5) is 17.7. The molecule has 0 bridgehead atoms. The second kappa shape index (κ2) is 8.46. The largest absolute Gasteiger partial charge is 0.496 e. The monoisotopic (exact) mass is 379 g/mol. The van der Waals surface area contributed by atoms with Crippen LogP contribution in [0.2, 0.25) is 0 Å². The highest BCUT2D eigenvalue weighted by Gasteiger charge is 2.26. The highest BCUT2D eigenvalue weighted by atomic mass is 16.5. The van der Waals surface area contributed by atoms with Gasteiger partial charge in [-0.25, -0.2) is 4.98 Å². The number of carbonyl (C=O) groups excluding carboxylic acids is 1. The Bertz CT molecular complexity index is 959. The Labute approximate surface area is 166 Å². The summed E-state index contributed by atoms with van der Waals surface area (Å²) >= 11 is 0. The van der Waals surface area contributed by atoms with Gasteiger partial charge in [-0.15, -0.1) is 0 Å². The van der Waals surface area contributed by atoms with Crippen LogP contribution in [0.1, 0.15) is 51.2 Å². The van der Waals surface area contributed by atoms with Crippen molar-refractivity contribution < 1.29 is 9.53 Å². The van der Waals surface area contributed by atoms with Crippen LogP contribution in [0.4, 0.5) is 0 Å². The van der Waals surface area contributed by atoms with E-state index in [1.807, 2.05) is 42.5 Å².